The highest BCUT2D eigenvalue weighted by Gasteiger charge is 2.20. The average molecular weight is 380 g/mol. The van der Waals surface area contributed by atoms with E-state index in [2.05, 4.69) is 15.4 Å². The summed E-state index contributed by atoms with van der Waals surface area (Å²) in [6.07, 6.45) is 4.83. The van der Waals surface area contributed by atoms with Crippen molar-refractivity contribution in [3.63, 3.8) is 0 Å². The van der Waals surface area contributed by atoms with Crippen molar-refractivity contribution in [1.29, 1.82) is 5.41 Å². The van der Waals surface area contributed by atoms with Gasteiger partial charge in [0.05, 0.1) is 11.8 Å². The summed E-state index contributed by atoms with van der Waals surface area (Å²) in [4.78, 5) is 4.33. The van der Waals surface area contributed by atoms with Crippen LogP contribution in [0, 0.1) is 17.1 Å². The zero-order valence-electron chi connectivity index (χ0n) is 14.5. The van der Waals surface area contributed by atoms with Crippen molar-refractivity contribution < 1.29 is 9.50 Å². The normalized spacial score (nSPS) is 16.8. The van der Waals surface area contributed by atoms with Crippen molar-refractivity contribution in [2.24, 2.45) is 21.9 Å². The van der Waals surface area contributed by atoms with Gasteiger partial charge < -0.3 is 16.3 Å². The Morgan fingerprint density at radius 3 is 2.85 bits per heavy atom. The molecule has 0 radical (unpaired) electrons. The Labute approximate surface area is 157 Å². The summed E-state index contributed by atoms with van der Waals surface area (Å²) in [7, 11) is 0. The SMILES string of the molecule is C[C@@H](O)c1cc(F)ccc1N/C(=C\C(=N)Cl)CC(C=NCC1CC1)=NN. The first-order chi connectivity index (χ1) is 12.4. The van der Waals surface area contributed by atoms with E-state index in [1.165, 1.54) is 37.1 Å². The minimum absolute atomic E-state index is 0.181. The van der Waals surface area contributed by atoms with Crippen LogP contribution in [0.1, 0.15) is 37.9 Å². The van der Waals surface area contributed by atoms with E-state index < -0.39 is 11.9 Å². The molecule has 1 aliphatic carbocycles. The summed E-state index contributed by atoms with van der Waals surface area (Å²) in [5, 5.41) is 24.0. The van der Waals surface area contributed by atoms with Gasteiger partial charge in [-0.25, -0.2) is 4.39 Å². The summed E-state index contributed by atoms with van der Waals surface area (Å²) in [6, 6.07) is 4.06. The number of hydrogen-bond acceptors (Lipinski definition) is 6. The van der Waals surface area contributed by atoms with E-state index >= 15 is 0 Å². The van der Waals surface area contributed by atoms with E-state index in [9.17, 15) is 9.50 Å². The number of nitrogens with zero attached hydrogens (tertiary/aromatic N) is 2. The first-order valence-electron chi connectivity index (χ1n) is 8.34. The third kappa shape index (κ3) is 6.57. The van der Waals surface area contributed by atoms with E-state index in [0.717, 1.165) is 6.54 Å². The van der Waals surface area contributed by atoms with Crippen molar-refractivity contribution in [3.05, 3.63) is 41.4 Å². The number of aliphatic imine (C=N–C) groups is 1. The first kappa shape index (κ1) is 20.1. The van der Waals surface area contributed by atoms with Gasteiger partial charge in [-0.05, 0) is 50.0 Å². The second-order valence-corrected chi connectivity index (χ2v) is 6.69. The predicted molar refractivity (Wildman–Crippen MR) is 105 cm³/mol. The Bertz CT molecular complexity index is 741. The molecule has 0 spiro atoms. The Morgan fingerprint density at radius 2 is 2.27 bits per heavy atom. The fourth-order valence-corrected chi connectivity index (χ4v) is 2.51. The molecule has 26 heavy (non-hydrogen) atoms. The molecule has 0 bridgehead atoms. The molecule has 1 aliphatic rings. The molecule has 0 unspecified atom stereocenters. The maximum Gasteiger partial charge on any atom is 0.123 e. The van der Waals surface area contributed by atoms with Crippen LogP contribution in [0.3, 0.4) is 0 Å². The van der Waals surface area contributed by atoms with Gasteiger partial charge in [0, 0.05) is 36.1 Å². The smallest absolute Gasteiger partial charge is 0.123 e. The molecule has 0 aliphatic heterocycles. The lowest BCUT2D eigenvalue weighted by Gasteiger charge is -2.16. The van der Waals surface area contributed by atoms with Crippen LogP contribution in [0.5, 0.6) is 0 Å². The Hall–Kier alpha value is -2.25. The number of hydrogen-bond donors (Lipinski definition) is 4. The van der Waals surface area contributed by atoms with Crippen molar-refractivity contribution >= 4 is 34.4 Å². The van der Waals surface area contributed by atoms with Crippen molar-refractivity contribution in [3.8, 4) is 0 Å². The van der Waals surface area contributed by atoms with E-state index in [4.69, 9.17) is 22.9 Å². The van der Waals surface area contributed by atoms with Crippen LogP contribution in [0.15, 0.2) is 40.1 Å². The number of rotatable bonds is 9. The van der Waals surface area contributed by atoms with Crippen LogP contribution in [-0.4, -0.2) is 28.7 Å². The monoisotopic (exact) mass is 379 g/mol. The molecule has 0 heterocycles. The molecule has 1 fully saturated rings. The Morgan fingerprint density at radius 1 is 1.54 bits per heavy atom. The number of allylic oxidation sites excluding steroid dienone is 2. The number of anilines is 1. The predicted octanol–water partition coefficient (Wildman–Crippen LogP) is 3.58. The maximum absolute atomic E-state index is 13.5. The molecule has 1 aromatic rings. The van der Waals surface area contributed by atoms with Gasteiger partial charge in [-0.15, -0.1) is 0 Å². The molecule has 1 aromatic carbocycles. The standard InChI is InChI=1S/C18H23ClFN5O/c1-11(26)16-6-13(20)4-5-17(16)24-14(8-18(19)21)7-15(25-22)10-23-9-12-2-3-12/h4-6,8,10-12,21,24,26H,2-3,7,9,22H2,1H3/b14-8-,21-18?,23-10?,25-15?/t11-/m1/s1. The third-order valence-electron chi connectivity index (χ3n) is 3.90. The van der Waals surface area contributed by atoms with Crippen LogP contribution >= 0.6 is 11.6 Å². The highest BCUT2D eigenvalue weighted by Crippen LogP contribution is 2.28. The number of hydrazone groups is 1. The molecule has 140 valence electrons. The largest absolute Gasteiger partial charge is 0.389 e. The van der Waals surface area contributed by atoms with Crippen LogP contribution in [0.4, 0.5) is 10.1 Å². The van der Waals surface area contributed by atoms with Gasteiger partial charge in [0.2, 0.25) is 0 Å². The topological polar surface area (TPSA) is 107 Å². The number of aliphatic hydroxyl groups is 1. The highest BCUT2D eigenvalue weighted by atomic mass is 35.5. The average Bonchev–Trinajstić information content (AvgIpc) is 3.39. The number of nitrogens with two attached hydrogens (primary N) is 1. The summed E-state index contributed by atoms with van der Waals surface area (Å²) >= 11 is 5.70. The fraction of sp³-hybridized carbons (Fsp3) is 0.389. The summed E-state index contributed by atoms with van der Waals surface area (Å²) in [6.45, 7) is 2.30. The summed E-state index contributed by atoms with van der Waals surface area (Å²) in [5.74, 6) is 5.65. The minimum Gasteiger partial charge on any atom is -0.389 e. The first-order valence-corrected chi connectivity index (χ1v) is 8.72. The van der Waals surface area contributed by atoms with Gasteiger partial charge in [0.25, 0.3) is 0 Å². The molecule has 0 saturated heterocycles. The zero-order valence-corrected chi connectivity index (χ0v) is 15.3. The number of benzene rings is 1. The number of aliphatic hydroxyl groups excluding tert-OH is 1. The van der Waals surface area contributed by atoms with Gasteiger partial charge in [0.15, 0.2) is 0 Å². The molecule has 1 saturated carbocycles. The van der Waals surface area contributed by atoms with Crippen molar-refractivity contribution in [2.45, 2.75) is 32.3 Å². The maximum atomic E-state index is 13.5. The fourth-order valence-electron chi connectivity index (χ4n) is 2.38. The van der Waals surface area contributed by atoms with E-state index in [0.29, 0.717) is 28.6 Å². The molecular formula is C18H23ClFN5O. The van der Waals surface area contributed by atoms with E-state index in [-0.39, 0.29) is 11.6 Å². The third-order valence-corrected chi connectivity index (χ3v) is 4.01. The van der Waals surface area contributed by atoms with Crippen LogP contribution in [0.2, 0.25) is 0 Å². The second kappa shape index (κ2) is 9.45. The molecular weight excluding hydrogens is 357 g/mol. The van der Waals surface area contributed by atoms with Crippen LogP contribution in [0.25, 0.3) is 0 Å². The molecule has 5 N–H and O–H groups in total. The van der Waals surface area contributed by atoms with Gasteiger partial charge in [-0.1, -0.05) is 11.6 Å². The van der Waals surface area contributed by atoms with Crippen LogP contribution in [-0.2, 0) is 0 Å². The van der Waals surface area contributed by atoms with E-state index in [1.54, 1.807) is 13.1 Å². The molecule has 2 rings (SSSR count). The van der Waals surface area contributed by atoms with Gasteiger partial charge in [0.1, 0.15) is 11.0 Å². The van der Waals surface area contributed by atoms with E-state index in [1.807, 2.05) is 0 Å². The lowest BCUT2D eigenvalue weighted by Crippen LogP contribution is -2.13. The number of nitrogens with one attached hydrogen (secondary N) is 2. The van der Waals surface area contributed by atoms with Gasteiger partial charge in [-0.3, -0.25) is 10.4 Å². The molecule has 0 aromatic heterocycles. The van der Waals surface area contributed by atoms with Gasteiger partial charge in [-0.2, -0.15) is 5.10 Å². The Balaban J connectivity index is 2.17. The molecule has 0 amide bonds. The van der Waals surface area contributed by atoms with Crippen LogP contribution < -0.4 is 11.2 Å². The highest BCUT2D eigenvalue weighted by molar-refractivity contribution is 6.67. The molecule has 1 atom stereocenters. The zero-order chi connectivity index (χ0) is 19.1. The van der Waals surface area contributed by atoms with Crippen molar-refractivity contribution in [2.75, 3.05) is 11.9 Å². The lowest BCUT2D eigenvalue weighted by atomic mass is 10.1. The quantitative estimate of drug-likeness (QED) is 0.299. The minimum atomic E-state index is -0.868. The molecule has 6 nitrogen and oxygen atoms in total. The molecule has 8 heteroatoms. The second-order valence-electron chi connectivity index (χ2n) is 6.28. The summed E-state index contributed by atoms with van der Waals surface area (Å²) in [5.41, 5.74) is 1.95. The Kier molecular flexibility index (Phi) is 7.29. The van der Waals surface area contributed by atoms with Crippen molar-refractivity contribution in [1.82, 2.24) is 0 Å². The lowest BCUT2D eigenvalue weighted by molar-refractivity contribution is 0.199. The van der Waals surface area contributed by atoms with Gasteiger partial charge >= 0.3 is 0 Å². The summed E-state index contributed by atoms with van der Waals surface area (Å²) < 4.78 is 13.5. The number of halogens is 2.